The zero-order valence-electron chi connectivity index (χ0n) is 9.15. The van der Waals surface area contributed by atoms with Crippen LogP contribution < -0.4 is 15.4 Å². The highest BCUT2D eigenvalue weighted by Crippen LogP contribution is 2.04. The maximum Gasteiger partial charge on any atom is 0.191 e. The lowest BCUT2D eigenvalue weighted by atomic mass is 10.4. The Labute approximate surface area is 94.9 Å². The summed E-state index contributed by atoms with van der Waals surface area (Å²) in [5.41, 5.74) is 0. The molecule has 0 atom stereocenters. The molecule has 0 aromatic carbocycles. The minimum absolute atomic E-state index is 0.604. The van der Waals surface area contributed by atoms with Crippen LogP contribution in [0.1, 0.15) is 6.42 Å². The molecule has 0 radical (unpaired) electrons. The van der Waals surface area contributed by atoms with E-state index in [0.29, 0.717) is 6.61 Å². The first-order valence-electron chi connectivity index (χ1n) is 5.50. The fourth-order valence-corrected chi connectivity index (χ4v) is 1.42. The number of hydrogen-bond donors (Lipinski definition) is 2. The second kappa shape index (κ2) is 5.95. The molecule has 0 aliphatic carbocycles. The van der Waals surface area contributed by atoms with Gasteiger partial charge >= 0.3 is 0 Å². The summed E-state index contributed by atoms with van der Waals surface area (Å²) in [6, 6.07) is 3.75. The average molecular weight is 220 g/mol. The quantitative estimate of drug-likeness (QED) is 0.721. The highest BCUT2D eigenvalue weighted by molar-refractivity contribution is 5.80. The third kappa shape index (κ3) is 3.42. The summed E-state index contributed by atoms with van der Waals surface area (Å²) in [5, 5.41) is 6.37. The summed E-state index contributed by atoms with van der Waals surface area (Å²) in [6.45, 7) is 3.24. The van der Waals surface area contributed by atoms with Gasteiger partial charge in [0.05, 0.1) is 12.7 Å². The van der Waals surface area contributed by atoms with Crippen molar-refractivity contribution in [3.8, 4) is 5.75 Å². The van der Waals surface area contributed by atoms with E-state index in [4.69, 9.17) is 4.74 Å². The molecule has 16 heavy (non-hydrogen) atoms. The van der Waals surface area contributed by atoms with Crippen molar-refractivity contribution >= 4 is 5.96 Å². The Balaban J connectivity index is 1.63. The van der Waals surface area contributed by atoms with Crippen LogP contribution in [0.25, 0.3) is 0 Å². The van der Waals surface area contributed by atoms with E-state index in [-0.39, 0.29) is 0 Å². The molecule has 0 unspecified atom stereocenters. The number of hydrogen-bond acceptors (Lipinski definition) is 5. The van der Waals surface area contributed by atoms with E-state index >= 15 is 0 Å². The van der Waals surface area contributed by atoms with Gasteiger partial charge in [0, 0.05) is 19.3 Å². The maximum atomic E-state index is 5.49. The van der Waals surface area contributed by atoms with E-state index in [9.17, 15) is 0 Å². The minimum Gasteiger partial charge on any atom is -0.490 e. The van der Waals surface area contributed by atoms with Crippen LogP contribution in [0.3, 0.4) is 0 Å². The molecule has 0 saturated heterocycles. The molecular weight excluding hydrogens is 204 g/mol. The van der Waals surface area contributed by atoms with Gasteiger partial charge in [-0.15, -0.1) is 0 Å². The molecule has 2 rings (SSSR count). The normalized spacial score (nSPS) is 14.9. The Kier molecular flexibility index (Phi) is 3.99. The molecule has 0 amide bonds. The van der Waals surface area contributed by atoms with Crippen LogP contribution in [0.15, 0.2) is 29.5 Å². The number of aliphatic imine (C=N–C) groups is 1. The van der Waals surface area contributed by atoms with Gasteiger partial charge in [0.15, 0.2) is 5.96 Å². The number of nitrogens with one attached hydrogen (secondary N) is 2. The molecule has 0 fully saturated rings. The number of pyridine rings is 1. The smallest absolute Gasteiger partial charge is 0.191 e. The van der Waals surface area contributed by atoms with Crippen molar-refractivity contribution in [3.05, 3.63) is 24.5 Å². The Morgan fingerprint density at radius 1 is 1.50 bits per heavy atom. The lowest BCUT2D eigenvalue weighted by Crippen LogP contribution is -2.42. The highest BCUT2D eigenvalue weighted by atomic mass is 16.5. The van der Waals surface area contributed by atoms with Gasteiger partial charge in [0.25, 0.3) is 0 Å². The second-order valence-electron chi connectivity index (χ2n) is 3.47. The zero-order valence-corrected chi connectivity index (χ0v) is 9.15. The van der Waals surface area contributed by atoms with E-state index in [0.717, 1.165) is 37.8 Å². The van der Waals surface area contributed by atoms with Crippen LogP contribution in [-0.2, 0) is 0 Å². The van der Waals surface area contributed by atoms with Crippen LogP contribution in [-0.4, -0.2) is 37.2 Å². The highest BCUT2D eigenvalue weighted by Gasteiger charge is 2.01. The van der Waals surface area contributed by atoms with Gasteiger partial charge in [-0.3, -0.25) is 9.98 Å². The van der Waals surface area contributed by atoms with E-state index in [2.05, 4.69) is 20.6 Å². The van der Waals surface area contributed by atoms with Crippen LogP contribution in [0.4, 0.5) is 0 Å². The predicted molar refractivity (Wildman–Crippen MR) is 62.7 cm³/mol. The Bertz CT molecular complexity index is 339. The predicted octanol–water partition coefficient (Wildman–Crippen LogP) is 0.399. The Hall–Kier alpha value is -1.78. The summed E-state index contributed by atoms with van der Waals surface area (Å²) < 4.78 is 5.49. The van der Waals surface area contributed by atoms with Crippen molar-refractivity contribution in [1.82, 2.24) is 15.6 Å². The lowest BCUT2D eigenvalue weighted by Gasteiger charge is -2.15. The van der Waals surface area contributed by atoms with Gasteiger partial charge in [-0.2, -0.15) is 0 Å². The first-order chi connectivity index (χ1) is 7.95. The van der Waals surface area contributed by atoms with Gasteiger partial charge in [0.2, 0.25) is 0 Å². The average Bonchev–Trinajstić information content (AvgIpc) is 2.37. The topological polar surface area (TPSA) is 58.5 Å². The molecule has 1 aliphatic heterocycles. The van der Waals surface area contributed by atoms with E-state index in [1.165, 1.54) is 0 Å². The van der Waals surface area contributed by atoms with Crippen molar-refractivity contribution in [1.29, 1.82) is 0 Å². The van der Waals surface area contributed by atoms with E-state index in [1.807, 2.05) is 12.1 Å². The molecule has 0 spiro atoms. The van der Waals surface area contributed by atoms with Crippen LogP contribution in [0.2, 0.25) is 0 Å². The standard InChI is InChI=1S/C11H16N4O/c1-3-10(9-12-4-1)16-8-7-15-11-13-5-2-6-14-11/h1,3-4,9H,2,5-8H2,(H2,13,14,15). The molecule has 1 aromatic rings. The first-order valence-corrected chi connectivity index (χ1v) is 5.50. The van der Waals surface area contributed by atoms with Crippen molar-refractivity contribution in [3.63, 3.8) is 0 Å². The molecule has 2 heterocycles. The summed E-state index contributed by atoms with van der Waals surface area (Å²) >= 11 is 0. The summed E-state index contributed by atoms with van der Waals surface area (Å²) in [5.74, 6) is 1.67. The van der Waals surface area contributed by atoms with Gasteiger partial charge in [0.1, 0.15) is 12.4 Å². The second-order valence-corrected chi connectivity index (χ2v) is 3.47. The molecule has 1 aliphatic rings. The minimum atomic E-state index is 0.604. The van der Waals surface area contributed by atoms with Crippen molar-refractivity contribution in [2.24, 2.45) is 4.99 Å². The van der Waals surface area contributed by atoms with Crippen LogP contribution >= 0.6 is 0 Å². The van der Waals surface area contributed by atoms with E-state index < -0.39 is 0 Å². The Morgan fingerprint density at radius 3 is 3.25 bits per heavy atom. The summed E-state index contributed by atoms with van der Waals surface area (Å²) in [6.07, 6.45) is 4.54. The monoisotopic (exact) mass is 220 g/mol. The van der Waals surface area contributed by atoms with Crippen molar-refractivity contribution < 1.29 is 4.74 Å². The first kappa shape index (κ1) is 10.7. The van der Waals surface area contributed by atoms with Crippen LogP contribution in [0, 0.1) is 0 Å². The number of rotatable bonds is 4. The van der Waals surface area contributed by atoms with Gasteiger partial charge in [-0.25, -0.2) is 0 Å². The molecule has 2 N–H and O–H groups in total. The van der Waals surface area contributed by atoms with Crippen molar-refractivity contribution in [2.75, 3.05) is 26.2 Å². The third-order valence-electron chi connectivity index (χ3n) is 2.19. The molecular formula is C11H16N4O. The fraction of sp³-hybridized carbons (Fsp3) is 0.455. The summed E-state index contributed by atoms with van der Waals surface area (Å²) in [4.78, 5) is 8.27. The van der Waals surface area contributed by atoms with Crippen LogP contribution in [0.5, 0.6) is 5.75 Å². The molecule has 86 valence electrons. The third-order valence-corrected chi connectivity index (χ3v) is 2.19. The largest absolute Gasteiger partial charge is 0.490 e. The van der Waals surface area contributed by atoms with Gasteiger partial charge < -0.3 is 15.4 Å². The number of aromatic nitrogens is 1. The van der Waals surface area contributed by atoms with Crippen molar-refractivity contribution in [2.45, 2.75) is 6.42 Å². The van der Waals surface area contributed by atoms with Gasteiger partial charge in [-0.05, 0) is 18.6 Å². The number of ether oxygens (including phenoxy) is 1. The fourth-order valence-electron chi connectivity index (χ4n) is 1.42. The maximum absolute atomic E-state index is 5.49. The lowest BCUT2D eigenvalue weighted by molar-refractivity contribution is 0.320. The Morgan fingerprint density at radius 2 is 2.50 bits per heavy atom. The van der Waals surface area contributed by atoms with Gasteiger partial charge in [-0.1, -0.05) is 0 Å². The molecule has 5 heteroatoms. The molecule has 5 nitrogen and oxygen atoms in total. The van der Waals surface area contributed by atoms with E-state index in [1.54, 1.807) is 12.4 Å². The number of nitrogens with zero attached hydrogens (tertiary/aromatic N) is 2. The molecule has 0 saturated carbocycles. The zero-order chi connectivity index (χ0) is 11.1. The number of guanidine groups is 1. The molecule has 1 aromatic heterocycles. The summed E-state index contributed by atoms with van der Waals surface area (Å²) in [7, 11) is 0. The molecule has 0 bridgehead atoms. The SMILES string of the molecule is c1cncc(OCCNC2=NCCCN2)c1.